The van der Waals surface area contributed by atoms with Crippen LogP contribution in [0.2, 0.25) is 0 Å². The zero-order valence-electron chi connectivity index (χ0n) is 12.7. The van der Waals surface area contributed by atoms with Gasteiger partial charge in [0.05, 0.1) is 0 Å². The predicted octanol–water partition coefficient (Wildman–Crippen LogP) is 5.92. The Morgan fingerprint density at radius 2 is 1.95 bits per heavy atom. The van der Waals surface area contributed by atoms with Crippen LogP contribution in [0.15, 0.2) is 54.1 Å². The molecular weight excluding hydrogens is 252 g/mol. The van der Waals surface area contributed by atoms with Crippen LogP contribution in [-0.2, 0) is 6.42 Å². The molecule has 0 N–H and O–H groups in total. The summed E-state index contributed by atoms with van der Waals surface area (Å²) < 4.78 is 0. The van der Waals surface area contributed by atoms with Gasteiger partial charge in [-0.3, -0.25) is 0 Å². The van der Waals surface area contributed by atoms with Crippen molar-refractivity contribution in [1.29, 1.82) is 0 Å². The minimum absolute atomic E-state index is 0.735. The van der Waals surface area contributed by atoms with Crippen LogP contribution in [0.1, 0.15) is 43.7 Å². The van der Waals surface area contributed by atoms with Crippen molar-refractivity contribution in [2.24, 2.45) is 5.92 Å². The van der Waals surface area contributed by atoms with E-state index >= 15 is 0 Å². The van der Waals surface area contributed by atoms with E-state index in [0.717, 1.165) is 5.92 Å². The molecule has 1 unspecified atom stereocenters. The first-order chi connectivity index (χ1) is 10.4. The number of aryl methyl sites for hydroxylation is 1. The van der Waals surface area contributed by atoms with Crippen LogP contribution in [0.25, 0.3) is 16.3 Å². The van der Waals surface area contributed by atoms with Gasteiger partial charge in [0.25, 0.3) is 0 Å². The van der Waals surface area contributed by atoms with Crippen molar-refractivity contribution in [3.05, 3.63) is 65.3 Å². The second-order valence-electron chi connectivity index (χ2n) is 6.44. The van der Waals surface area contributed by atoms with Crippen molar-refractivity contribution >= 4 is 16.3 Å². The van der Waals surface area contributed by atoms with E-state index in [9.17, 15) is 0 Å². The summed E-state index contributed by atoms with van der Waals surface area (Å²) in [6.45, 7) is 2.29. The van der Waals surface area contributed by atoms with E-state index in [1.54, 1.807) is 22.3 Å². The lowest BCUT2D eigenvalue weighted by molar-refractivity contribution is 0.586. The summed E-state index contributed by atoms with van der Waals surface area (Å²) in [5.74, 6) is 0.735. The number of hydrogen-bond acceptors (Lipinski definition) is 0. The number of hydrogen-bond donors (Lipinski definition) is 0. The Labute approximate surface area is 127 Å². The molecule has 0 spiro atoms. The summed E-state index contributed by atoms with van der Waals surface area (Å²) in [6, 6.07) is 13.5. The highest BCUT2D eigenvalue weighted by molar-refractivity contribution is 5.97. The third-order valence-electron chi connectivity index (χ3n) is 5.06. The van der Waals surface area contributed by atoms with Crippen molar-refractivity contribution < 1.29 is 0 Å². The molecule has 0 radical (unpaired) electrons. The second-order valence-corrected chi connectivity index (χ2v) is 6.44. The zero-order chi connectivity index (χ0) is 14.2. The maximum atomic E-state index is 2.46. The lowest BCUT2D eigenvalue weighted by Gasteiger charge is -2.29. The number of rotatable bonds is 2. The van der Waals surface area contributed by atoms with Crippen molar-refractivity contribution in [3.63, 3.8) is 0 Å². The van der Waals surface area contributed by atoms with Gasteiger partial charge < -0.3 is 0 Å². The first-order valence-electron chi connectivity index (χ1n) is 8.28. The summed E-state index contributed by atoms with van der Waals surface area (Å²) in [5, 5.41) is 2.83. The summed E-state index contributed by atoms with van der Waals surface area (Å²) in [4.78, 5) is 0. The predicted molar refractivity (Wildman–Crippen MR) is 91.3 cm³/mol. The van der Waals surface area contributed by atoms with Crippen LogP contribution >= 0.6 is 0 Å². The molecule has 0 bridgehead atoms. The minimum atomic E-state index is 0.735. The minimum Gasteiger partial charge on any atom is -0.0808 e. The van der Waals surface area contributed by atoms with Crippen molar-refractivity contribution in [1.82, 2.24) is 0 Å². The zero-order valence-corrected chi connectivity index (χ0v) is 12.7. The molecule has 0 aromatic heterocycles. The van der Waals surface area contributed by atoms with Crippen LogP contribution in [0.5, 0.6) is 0 Å². The van der Waals surface area contributed by atoms with E-state index in [1.807, 2.05) is 0 Å². The van der Waals surface area contributed by atoms with E-state index < -0.39 is 0 Å². The quantitative estimate of drug-likeness (QED) is 0.638. The van der Waals surface area contributed by atoms with E-state index in [1.165, 1.54) is 42.9 Å². The second kappa shape index (κ2) is 5.18. The Hall–Kier alpha value is -1.82. The fraction of sp³-hybridized carbons (Fsp3) is 0.333. The summed E-state index contributed by atoms with van der Waals surface area (Å²) in [6.07, 6.45) is 11.1. The molecule has 21 heavy (non-hydrogen) atoms. The largest absolute Gasteiger partial charge is 0.0808 e. The third-order valence-corrected chi connectivity index (χ3v) is 5.06. The van der Waals surface area contributed by atoms with Crippen LogP contribution in [0, 0.1) is 5.92 Å². The molecule has 4 rings (SSSR count). The van der Waals surface area contributed by atoms with Crippen molar-refractivity contribution in [3.8, 4) is 0 Å². The Kier molecular flexibility index (Phi) is 3.18. The Morgan fingerprint density at radius 3 is 2.86 bits per heavy atom. The molecule has 2 aliphatic rings. The van der Waals surface area contributed by atoms with E-state index in [0.29, 0.717) is 0 Å². The van der Waals surface area contributed by atoms with Gasteiger partial charge in [0.2, 0.25) is 0 Å². The molecule has 0 aliphatic heterocycles. The van der Waals surface area contributed by atoms with Gasteiger partial charge in [0.15, 0.2) is 0 Å². The molecule has 0 fully saturated rings. The van der Waals surface area contributed by atoms with Gasteiger partial charge >= 0.3 is 0 Å². The smallest absolute Gasteiger partial charge is 0.0106 e. The van der Waals surface area contributed by atoms with Gasteiger partial charge in [-0.25, -0.2) is 0 Å². The van der Waals surface area contributed by atoms with Crippen molar-refractivity contribution in [2.75, 3.05) is 0 Å². The molecule has 0 heteroatoms. The monoisotopic (exact) mass is 274 g/mol. The van der Waals surface area contributed by atoms with E-state index in [4.69, 9.17) is 0 Å². The van der Waals surface area contributed by atoms with E-state index in [-0.39, 0.29) is 0 Å². The van der Waals surface area contributed by atoms with E-state index in [2.05, 4.69) is 55.5 Å². The Morgan fingerprint density at radius 1 is 1.05 bits per heavy atom. The molecule has 0 amide bonds. The highest BCUT2D eigenvalue weighted by atomic mass is 14.3. The maximum absolute atomic E-state index is 2.46. The molecule has 2 aromatic rings. The molecule has 1 atom stereocenters. The van der Waals surface area contributed by atoms with Gasteiger partial charge in [-0.15, -0.1) is 0 Å². The summed E-state index contributed by atoms with van der Waals surface area (Å²) in [7, 11) is 0. The Bertz CT molecular complexity index is 746. The SMILES string of the molecule is CCCC1C=CC2=C(C1)c1c(ccc3ccccc13)CC2. The van der Waals surface area contributed by atoms with Crippen LogP contribution in [0.3, 0.4) is 0 Å². The molecule has 0 nitrogen and oxygen atoms in total. The number of fused-ring (bicyclic) bond motifs is 4. The van der Waals surface area contributed by atoms with Gasteiger partial charge in [0.1, 0.15) is 0 Å². The lowest BCUT2D eigenvalue weighted by atomic mass is 9.75. The molecular formula is C21H22. The molecule has 2 aromatic carbocycles. The average molecular weight is 274 g/mol. The van der Waals surface area contributed by atoms with Crippen LogP contribution < -0.4 is 0 Å². The Balaban J connectivity index is 1.89. The maximum Gasteiger partial charge on any atom is -0.0106 e. The number of allylic oxidation sites excluding steroid dienone is 4. The molecule has 0 saturated carbocycles. The highest BCUT2D eigenvalue weighted by Crippen LogP contribution is 2.43. The summed E-state index contributed by atoms with van der Waals surface area (Å²) in [5.41, 5.74) is 6.33. The van der Waals surface area contributed by atoms with Gasteiger partial charge in [-0.1, -0.05) is 61.9 Å². The molecule has 106 valence electrons. The average Bonchev–Trinajstić information content (AvgIpc) is 2.54. The van der Waals surface area contributed by atoms with Crippen LogP contribution in [-0.4, -0.2) is 0 Å². The first-order valence-corrected chi connectivity index (χ1v) is 8.28. The van der Waals surface area contributed by atoms with Gasteiger partial charge in [-0.05, 0) is 64.6 Å². The fourth-order valence-electron chi connectivity index (χ4n) is 4.03. The number of benzene rings is 2. The molecule has 0 heterocycles. The fourth-order valence-corrected chi connectivity index (χ4v) is 4.03. The van der Waals surface area contributed by atoms with Gasteiger partial charge in [-0.2, -0.15) is 0 Å². The van der Waals surface area contributed by atoms with Crippen LogP contribution in [0.4, 0.5) is 0 Å². The lowest BCUT2D eigenvalue weighted by Crippen LogP contribution is -2.11. The standard InChI is InChI=1S/C21H22/c1-2-5-15-8-9-17-11-13-18-12-10-16-6-3-4-7-19(16)21(18)20(17)14-15/h3-4,6-10,12,15H,2,5,11,13-14H2,1H3. The molecule has 0 saturated heterocycles. The first kappa shape index (κ1) is 12.9. The summed E-state index contributed by atoms with van der Waals surface area (Å²) >= 11 is 0. The third kappa shape index (κ3) is 2.14. The molecule has 2 aliphatic carbocycles. The van der Waals surface area contributed by atoms with Crippen molar-refractivity contribution in [2.45, 2.75) is 39.0 Å². The normalized spacial score (nSPS) is 20.5. The van der Waals surface area contributed by atoms with Gasteiger partial charge in [0, 0.05) is 0 Å². The highest BCUT2D eigenvalue weighted by Gasteiger charge is 2.24. The topological polar surface area (TPSA) is 0 Å².